The highest BCUT2D eigenvalue weighted by atomic mass is 32.2. The third-order valence-corrected chi connectivity index (χ3v) is 6.20. The fraction of sp³-hybridized carbons (Fsp3) is 0.154. The van der Waals surface area contributed by atoms with E-state index in [2.05, 4.69) is 56.8 Å². The molecule has 33 heavy (non-hydrogen) atoms. The van der Waals surface area contributed by atoms with Crippen LogP contribution in [0.4, 0.5) is 0 Å². The lowest BCUT2D eigenvalue weighted by molar-refractivity contribution is 0.529. The van der Waals surface area contributed by atoms with Crippen LogP contribution >= 0.6 is 11.8 Å². The molecule has 0 radical (unpaired) electrons. The molecular formula is C26H23N5OS. The number of nitrogens with zero attached hydrogens (tertiary/aromatic N) is 5. The van der Waals surface area contributed by atoms with Crippen molar-refractivity contribution in [2.24, 2.45) is 0 Å². The molecule has 0 N–H and O–H groups in total. The van der Waals surface area contributed by atoms with Gasteiger partial charge in [-0.05, 0) is 29.7 Å². The molecule has 164 valence electrons. The van der Waals surface area contributed by atoms with Gasteiger partial charge in [0, 0.05) is 23.5 Å². The predicted molar refractivity (Wildman–Crippen MR) is 130 cm³/mol. The quantitative estimate of drug-likeness (QED) is 0.266. The van der Waals surface area contributed by atoms with Crippen LogP contribution in [-0.4, -0.2) is 24.7 Å². The van der Waals surface area contributed by atoms with E-state index >= 15 is 0 Å². The van der Waals surface area contributed by atoms with Gasteiger partial charge in [0.1, 0.15) is 0 Å². The lowest BCUT2D eigenvalue weighted by atomic mass is 10.0. The zero-order valence-corrected chi connectivity index (χ0v) is 19.2. The van der Waals surface area contributed by atoms with Gasteiger partial charge in [0.15, 0.2) is 16.7 Å². The minimum atomic E-state index is 0.350. The summed E-state index contributed by atoms with van der Waals surface area (Å²) in [6.07, 6.45) is 5.34. The largest absolute Gasteiger partial charge is 0.440 e. The van der Waals surface area contributed by atoms with Gasteiger partial charge in [0.2, 0.25) is 5.89 Å². The molecule has 0 aliphatic carbocycles. The number of oxazole rings is 1. The summed E-state index contributed by atoms with van der Waals surface area (Å²) in [6, 6.07) is 22.3. The second kappa shape index (κ2) is 9.42. The van der Waals surface area contributed by atoms with Gasteiger partial charge in [0.25, 0.3) is 0 Å². The summed E-state index contributed by atoms with van der Waals surface area (Å²) in [4.78, 5) is 8.74. The molecule has 0 fully saturated rings. The number of benzene rings is 2. The third kappa shape index (κ3) is 4.45. The molecule has 3 aromatic heterocycles. The normalized spacial score (nSPS) is 11.2. The lowest BCUT2D eigenvalue weighted by Gasteiger charge is -2.16. The summed E-state index contributed by atoms with van der Waals surface area (Å²) >= 11 is 1.55. The van der Waals surface area contributed by atoms with E-state index in [1.54, 1.807) is 24.2 Å². The SMILES string of the molecule is CC(C)c1ccccc1-n1c(SCc2ncc(-c3ccccc3)o2)nnc1-c1cccnc1. The fourth-order valence-electron chi connectivity index (χ4n) is 3.68. The van der Waals surface area contributed by atoms with Crippen LogP contribution in [0, 0.1) is 0 Å². The maximum absolute atomic E-state index is 5.99. The fourth-order valence-corrected chi connectivity index (χ4v) is 4.48. The topological polar surface area (TPSA) is 69.6 Å². The molecule has 2 aromatic carbocycles. The molecule has 6 nitrogen and oxygen atoms in total. The van der Waals surface area contributed by atoms with Gasteiger partial charge < -0.3 is 4.42 Å². The third-order valence-electron chi connectivity index (χ3n) is 5.29. The van der Waals surface area contributed by atoms with Crippen molar-refractivity contribution in [3.63, 3.8) is 0 Å². The molecule has 0 aliphatic rings. The lowest BCUT2D eigenvalue weighted by Crippen LogP contribution is -2.05. The molecule has 0 amide bonds. The molecule has 0 spiro atoms. The monoisotopic (exact) mass is 453 g/mol. The Morgan fingerprint density at radius 2 is 1.67 bits per heavy atom. The summed E-state index contributed by atoms with van der Waals surface area (Å²) in [7, 11) is 0. The minimum Gasteiger partial charge on any atom is -0.440 e. The van der Waals surface area contributed by atoms with Crippen molar-refractivity contribution in [1.82, 2.24) is 24.7 Å². The number of aromatic nitrogens is 5. The first-order chi connectivity index (χ1) is 16.2. The number of para-hydroxylation sites is 1. The van der Waals surface area contributed by atoms with Crippen molar-refractivity contribution in [3.05, 3.63) is 96.8 Å². The van der Waals surface area contributed by atoms with Crippen molar-refractivity contribution in [3.8, 4) is 28.4 Å². The van der Waals surface area contributed by atoms with E-state index in [0.717, 1.165) is 33.6 Å². The van der Waals surface area contributed by atoms with Crippen LogP contribution < -0.4 is 0 Å². The zero-order chi connectivity index (χ0) is 22.6. The first-order valence-electron chi connectivity index (χ1n) is 10.8. The van der Waals surface area contributed by atoms with E-state index in [1.807, 2.05) is 54.7 Å². The predicted octanol–water partition coefficient (Wildman–Crippen LogP) is 6.40. The molecular weight excluding hydrogens is 430 g/mol. The van der Waals surface area contributed by atoms with Gasteiger partial charge in [-0.2, -0.15) is 0 Å². The molecule has 3 heterocycles. The summed E-state index contributed by atoms with van der Waals surface area (Å²) in [6.45, 7) is 4.38. The summed E-state index contributed by atoms with van der Waals surface area (Å²) in [5.74, 6) is 3.06. The number of pyridine rings is 1. The van der Waals surface area contributed by atoms with Crippen LogP contribution in [0.2, 0.25) is 0 Å². The molecule has 5 rings (SSSR count). The first-order valence-corrected chi connectivity index (χ1v) is 11.8. The van der Waals surface area contributed by atoms with E-state index in [0.29, 0.717) is 17.6 Å². The van der Waals surface area contributed by atoms with E-state index in [1.165, 1.54) is 5.56 Å². The maximum atomic E-state index is 5.99. The van der Waals surface area contributed by atoms with E-state index < -0.39 is 0 Å². The molecule has 0 atom stereocenters. The number of hydrogen-bond acceptors (Lipinski definition) is 6. The molecule has 0 aliphatic heterocycles. The molecule has 0 unspecified atom stereocenters. The van der Waals surface area contributed by atoms with Gasteiger partial charge in [0.05, 0.1) is 17.6 Å². The van der Waals surface area contributed by atoms with Gasteiger partial charge in [-0.3, -0.25) is 9.55 Å². The van der Waals surface area contributed by atoms with Crippen LogP contribution in [0.3, 0.4) is 0 Å². The average molecular weight is 454 g/mol. The maximum Gasteiger partial charge on any atom is 0.205 e. The second-order valence-corrected chi connectivity index (χ2v) is 8.81. The Morgan fingerprint density at radius 1 is 0.879 bits per heavy atom. The Bertz CT molecular complexity index is 1350. The Kier molecular flexibility index (Phi) is 6.04. The smallest absolute Gasteiger partial charge is 0.205 e. The molecule has 5 aromatic rings. The van der Waals surface area contributed by atoms with Gasteiger partial charge >= 0.3 is 0 Å². The summed E-state index contributed by atoms with van der Waals surface area (Å²) in [5.41, 5.74) is 4.22. The van der Waals surface area contributed by atoms with Gasteiger partial charge in [-0.15, -0.1) is 10.2 Å². The van der Waals surface area contributed by atoms with Crippen LogP contribution in [0.5, 0.6) is 0 Å². The highest BCUT2D eigenvalue weighted by molar-refractivity contribution is 7.98. The Hall–Kier alpha value is -3.71. The van der Waals surface area contributed by atoms with Crippen molar-refractivity contribution < 1.29 is 4.42 Å². The Morgan fingerprint density at radius 3 is 2.45 bits per heavy atom. The Balaban J connectivity index is 1.50. The molecule has 7 heteroatoms. The number of thioether (sulfide) groups is 1. The second-order valence-electron chi connectivity index (χ2n) is 7.87. The first kappa shape index (κ1) is 21.2. The van der Waals surface area contributed by atoms with Crippen LogP contribution in [0.1, 0.15) is 31.2 Å². The van der Waals surface area contributed by atoms with Crippen molar-refractivity contribution in [1.29, 1.82) is 0 Å². The highest BCUT2D eigenvalue weighted by Crippen LogP contribution is 2.33. The molecule has 0 bridgehead atoms. The highest BCUT2D eigenvalue weighted by Gasteiger charge is 2.20. The van der Waals surface area contributed by atoms with E-state index in [9.17, 15) is 0 Å². The van der Waals surface area contributed by atoms with Crippen LogP contribution in [0.25, 0.3) is 28.4 Å². The summed E-state index contributed by atoms with van der Waals surface area (Å²) in [5, 5.41) is 9.84. The van der Waals surface area contributed by atoms with Gasteiger partial charge in [-0.1, -0.05) is 74.1 Å². The Labute approximate surface area is 196 Å². The van der Waals surface area contributed by atoms with Crippen LogP contribution in [0.15, 0.2) is 94.9 Å². The van der Waals surface area contributed by atoms with Crippen molar-refractivity contribution in [2.75, 3.05) is 0 Å². The molecule has 0 saturated heterocycles. The standard InChI is InChI=1S/C26H23N5OS/c1-18(2)21-12-6-7-13-22(21)31-25(20-11-8-14-27-15-20)29-30-26(31)33-17-24-28-16-23(32-24)19-9-4-3-5-10-19/h3-16,18H,17H2,1-2H3. The summed E-state index contributed by atoms with van der Waals surface area (Å²) < 4.78 is 8.10. The zero-order valence-electron chi connectivity index (χ0n) is 18.4. The van der Waals surface area contributed by atoms with Gasteiger partial charge in [-0.25, -0.2) is 4.98 Å². The van der Waals surface area contributed by atoms with Crippen molar-refractivity contribution >= 4 is 11.8 Å². The average Bonchev–Trinajstić information content (AvgIpc) is 3.51. The molecule has 0 saturated carbocycles. The number of rotatable bonds is 7. The minimum absolute atomic E-state index is 0.350. The van der Waals surface area contributed by atoms with E-state index in [4.69, 9.17) is 4.42 Å². The number of hydrogen-bond donors (Lipinski definition) is 0. The van der Waals surface area contributed by atoms with Crippen molar-refractivity contribution in [2.45, 2.75) is 30.7 Å². The van der Waals surface area contributed by atoms with E-state index in [-0.39, 0.29) is 0 Å². The van der Waals surface area contributed by atoms with Crippen LogP contribution in [-0.2, 0) is 5.75 Å².